The van der Waals surface area contributed by atoms with E-state index in [4.69, 9.17) is 27.1 Å². The highest BCUT2D eigenvalue weighted by molar-refractivity contribution is 7.73. The number of carbonyl (C=O) groups excluding carboxylic acids is 1. The maximum absolute atomic E-state index is 12.3. The molecule has 0 aliphatic carbocycles. The molecule has 0 atom stereocenters. The Labute approximate surface area is 155 Å². The second kappa shape index (κ2) is 8.61. The molecule has 0 saturated carbocycles. The smallest absolute Gasteiger partial charge is 0.265 e. The predicted octanol–water partition coefficient (Wildman–Crippen LogP) is 2.11. The van der Waals surface area contributed by atoms with Crippen molar-refractivity contribution in [1.29, 1.82) is 0 Å². The molecule has 1 aliphatic rings. The summed E-state index contributed by atoms with van der Waals surface area (Å²) in [6, 6.07) is 3.59. The number of carbonyl (C=O) groups is 1. The third-order valence-electron chi connectivity index (χ3n) is 4.10. The maximum Gasteiger partial charge on any atom is 0.265 e. The van der Waals surface area contributed by atoms with Crippen LogP contribution in [-0.4, -0.2) is 48.2 Å². The summed E-state index contributed by atoms with van der Waals surface area (Å²) in [4.78, 5) is 15.2. The van der Waals surface area contributed by atoms with Crippen molar-refractivity contribution in [2.24, 2.45) is 0 Å². The molecule has 7 nitrogen and oxygen atoms in total. The molecule has 0 radical (unpaired) electrons. The van der Waals surface area contributed by atoms with Crippen LogP contribution < -0.4 is 11.1 Å². The zero-order valence-electron chi connectivity index (χ0n) is 13.9. The number of morpholine rings is 1. The Hall–Kier alpha value is -1.68. The fourth-order valence-electron chi connectivity index (χ4n) is 2.73. The van der Waals surface area contributed by atoms with Gasteiger partial charge in [0.05, 0.1) is 26.0 Å². The second-order valence-electron chi connectivity index (χ2n) is 5.80. The Morgan fingerprint density at radius 3 is 2.88 bits per heavy atom. The SMILES string of the molecule is Nc1c(C(=O)NCc2ccco2)sc(=S)n1CCCN1CCOCC1. The summed E-state index contributed by atoms with van der Waals surface area (Å²) < 4.78 is 13.0. The van der Waals surface area contributed by atoms with Crippen LogP contribution in [0.2, 0.25) is 0 Å². The van der Waals surface area contributed by atoms with Crippen LogP contribution in [0.15, 0.2) is 22.8 Å². The molecule has 3 N–H and O–H groups in total. The van der Waals surface area contributed by atoms with Crippen LogP contribution in [0.4, 0.5) is 5.82 Å². The van der Waals surface area contributed by atoms with E-state index in [1.807, 2.05) is 10.6 Å². The van der Waals surface area contributed by atoms with Crippen LogP contribution in [0, 0.1) is 3.95 Å². The van der Waals surface area contributed by atoms with Crippen molar-refractivity contribution < 1.29 is 13.9 Å². The summed E-state index contributed by atoms with van der Waals surface area (Å²) in [6.45, 7) is 5.52. The Bertz CT molecular complexity index is 748. The Morgan fingerprint density at radius 2 is 2.16 bits per heavy atom. The molecule has 9 heteroatoms. The topological polar surface area (TPSA) is 85.7 Å². The molecule has 2 aromatic rings. The first-order chi connectivity index (χ1) is 12.1. The lowest BCUT2D eigenvalue weighted by molar-refractivity contribution is 0.0369. The number of rotatable bonds is 7. The van der Waals surface area contributed by atoms with Crippen LogP contribution in [0.1, 0.15) is 21.9 Å². The molecular formula is C16H22N4O3S2. The molecule has 0 unspecified atom stereocenters. The van der Waals surface area contributed by atoms with Gasteiger partial charge in [-0.3, -0.25) is 9.69 Å². The van der Waals surface area contributed by atoms with Crippen molar-refractivity contribution in [1.82, 2.24) is 14.8 Å². The van der Waals surface area contributed by atoms with Crippen molar-refractivity contribution in [2.75, 3.05) is 38.6 Å². The summed E-state index contributed by atoms with van der Waals surface area (Å²) >= 11 is 6.63. The minimum Gasteiger partial charge on any atom is -0.467 e. The fraction of sp³-hybridized carbons (Fsp3) is 0.500. The third-order valence-corrected chi connectivity index (χ3v) is 5.57. The van der Waals surface area contributed by atoms with E-state index in [0.29, 0.717) is 33.5 Å². The van der Waals surface area contributed by atoms with E-state index in [1.54, 1.807) is 12.3 Å². The molecule has 1 fully saturated rings. The van der Waals surface area contributed by atoms with Crippen molar-refractivity contribution in [3.63, 3.8) is 0 Å². The number of nitrogens with one attached hydrogen (secondary N) is 1. The molecule has 0 aromatic carbocycles. The lowest BCUT2D eigenvalue weighted by Crippen LogP contribution is -2.37. The van der Waals surface area contributed by atoms with E-state index in [2.05, 4.69) is 10.2 Å². The maximum atomic E-state index is 12.3. The zero-order valence-corrected chi connectivity index (χ0v) is 15.5. The van der Waals surface area contributed by atoms with Gasteiger partial charge in [-0.25, -0.2) is 0 Å². The van der Waals surface area contributed by atoms with E-state index < -0.39 is 0 Å². The number of hydrogen-bond acceptors (Lipinski definition) is 7. The van der Waals surface area contributed by atoms with Crippen LogP contribution in [0.25, 0.3) is 0 Å². The molecule has 1 saturated heterocycles. The van der Waals surface area contributed by atoms with Gasteiger partial charge in [-0.05, 0) is 30.8 Å². The molecule has 3 rings (SSSR count). The van der Waals surface area contributed by atoms with Gasteiger partial charge in [0.1, 0.15) is 16.5 Å². The summed E-state index contributed by atoms with van der Waals surface area (Å²) in [5.41, 5.74) is 6.16. The van der Waals surface area contributed by atoms with Gasteiger partial charge < -0.3 is 24.8 Å². The van der Waals surface area contributed by atoms with E-state index in [9.17, 15) is 4.79 Å². The zero-order chi connectivity index (χ0) is 17.6. The van der Waals surface area contributed by atoms with Crippen molar-refractivity contribution in [3.8, 4) is 0 Å². The first-order valence-electron chi connectivity index (χ1n) is 8.25. The molecule has 1 amide bonds. The first kappa shape index (κ1) is 18.1. The molecule has 25 heavy (non-hydrogen) atoms. The monoisotopic (exact) mass is 382 g/mol. The summed E-state index contributed by atoms with van der Waals surface area (Å²) in [5, 5.41) is 2.81. The number of thiazole rings is 1. The minimum absolute atomic E-state index is 0.225. The third kappa shape index (κ3) is 4.69. The average Bonchev–Trinajstić information content (AvgIpc) is 3.24. The van der Waals surface area contributed by atoms with Gasteiger partial charge in [-0.15, -0.1) is 0 Å². The lowest BCUT2D eigenvalue weighted by atomic mass is 10.3. The predicted molar refractivity (Wildman–Crippen MR) is 99.3 cm³/mol. The molecule has 0 bridgehead atoms. The Morgan fingerprint density at radius 1 is 1.36 bits per heavy atom. The number of hydrogen-bond donors (Lipinski definition) is 2. The Kier molecular flexibility index (Phi) is 6.24. The highest BCUT2D eigenvalue weighted by Gasteiger charge is 2.17. The van der Waals surface area contributed by atoms with E-state index in [-0.39, 0.29) is 5.91 Å². The quantitative estimate of drug-likeness (QED) is 0.714. The number of nitrogens with two attached hydrogens (primary N) is 1. The van der Waals surface area contributed by atoms with E-state index in [0.717, 1.165) is 39.3 Å². The number of nitrogen functional groups attached to an aromatic ring is 1. The minimum atomic E-state index is -0.225. The molecular weight excluding hydrogens is 360 g/mol. The van der Waals surface area contributed by atoms with Gasteiger partial charge in [0.15, 0.2) is 3.95 Å². The standard InChI is InChI=1S/C16H22N4O3S2/c17-14-13(15(21)18-11-12-3-1-8-23-12)25-16(24)20(14)5-2-4-19-6-9-22-10-7-19/h1,3,8H,2,4-7,9-11,17H2,(H,18,21). The first-order valence-corrected chi connectivity index (χ1v) is 9.47. The number of ether oxygens (including phenoxy) is 1. The van der Waals surface area contributed by atoms with E-state index >= 15 is 0 Å². The van der Waals surface area contributed by atoms with Gasteiger partial charge in [0, 0.05) is 26.2 Å². The Balaban J connectivity index is 1.56. The number of anilines is 1. The summed E-state index contributed by atoms with van der Waals surface area (Å²) in [6.07, 6.45) is 2.51. The van der Waals surface area contributed by atoms with Crippen LogP contribution in [0.3, 0.4) is 0 Å². The van der Waals surface area contributed by atoms with Gasteiger partial charge >= 0.3 is 0 Å². The average molecular weight is 383 g/mol. The van der Waals surface area contributed by atoms with Crippen LogP contribution in [0.5, 0.6) is 0 Å². The van der Waals surface area contributed by atoms with Gasteiger partial charge in [0.2, 0.25) is 0 Å². The number of nitrogens with zero attached hydrogens (tertiary/aromatic N) is 2. The largest absolute Gasteiger partial charge is 0.467 e. The highest BCUT2D eigenvalue weighted by atomic mass is 32.1. The van der Waals surface area contributed by atoms with Gasteiger partial charge in [0.25, 0.3) is 5.91 Å². The number of aromatic nitrogens is 1. The second-order valence-corrected chi connectivity index (χ2v) is 7.45. The van der Waals surface area contributed by atoms with Crippen LogP contribution >= 0.6 is 23.6 Å². The lowest BCUT2D eigenvalue weighted by Gasteiger charge is -2.26. The summed E-state index contributed by atoms with van der Waals surface area (Å²) in [5.74, 6) is 0.909. The molecule has 136 valence electrons. The number of amides is 1. The van der Waals surface area contributed by atoms with Gasteiger partial charge in [-0.1, -0.05) is 11.3 Å². The summed E-state index contributed by atoms with van der Waals surface area (Å²) in [7, 11) is 0. The van der Waals surface area contributed by atoms with E-state index in [1.165, 1.54) is 11.3 Å². The molecule has 2 aromatic heterocycles. The van der Waals surface area contributed by atoms with Crippen molar-refractivity contribution in [2.45, 2.75) is 19.5 Å². The van der Waals surface area contributed by atoms with Crippen molar-refractivity contribution in [3.05, 3.63) is 33.0 Å². The van der Waals surface area contributed by atoms with Gasteiger partial charge in [-0.2, -0.15) is 0 Å². The molecule has 1 aliphatic heterocycles. The van der Waals surface area contributed by atoms with Crippen LogP contribution in [-0.2, 0) is 17.8 Å². The number of furan rings is 1. The molecule has 0 spiro atoms. The normalized spacial score (nSPS) is 15.4. The van der Waals surface area contributed by atoms with Crippen molar-refractivity contribution >= 4 is 35.3 Å². The highest BCUT2D eigenvalue weighted by Crippen LogP contribution is 2.22. The molecule has 3 heterocycles. The fourth-order valence-corrected chi connectivity index (χ4v) is 4.02.